The average Bonchev–Trinajstić information content (AvgIpc) is 1.56. The van der Waals surface area contributed by atoms with E-state index in [4.69, 9.17) is 13.3 Å². The lowest BCUT2D eigenvalue weighted by Gasteiger charge is -2.11. The minimum absolute atomic E-state index is 0.905. The van der Waals surface area contributed by atoms with Gasteiger partial charge in [-0.2, -0.15) is 0 Å². The maximum atomic E-state index is 6.78. The van der Waals surface area contributed by atoms with Crippen LogP contribution in [0.1, 0.15) is 0 Å². The van der Waals surface area contributed by atoms with Gasteiger partial charge in [-0.25, -0.2) is 0 Å². The molecule has 0 aliphatic heterocycles. The monoisotopic (exact) mass is 1850 g/mol. The van der Waals surface area contributed by atoms with Crippen LogP contribution in [-0.2, 0) is 0 Å². The van der Waals surface area contributed by atoms with Gasteiger partial charge in [0.2, 0.25) is 0 Å². The van der Waals surface area contributed by atoms with Crippen LogP contribution >= 0.6 is 34.0 Å². The Morgan fingerprint density at radius 3 is 0.844 bits per heavy atom. The molecule has 9 aromatic heterocycles. The second kappa shape index (κ2) is 33.6. The highest BCUT2D eigenvalue weighted by Gasteiger charge is 2.27. The predicted octanol–water partition coefficient (Wildman–Crippen LogP) is 38.7. The Labute approximate surface area is 822 Å². The molecule has 0 fully saturated rings. The first-order chi connectivity index (χ1) is 69.9. The summed E-state index contributed by atoms with van der Waals surface area (Å²) < 4.78 is 35.0. The molecule has 0 spiro atoms. The van der Waals surface area contributed by atoms with Crippen molar-refractivity contribution >= 4 is 193 Å². The standard InChI is InChI=1S/3C44H27NOS/c1-3-13-28(14-4-1)33-21-10-23-35-36-24-11-22-34(43(36)46-42(33)35)30-16-9-15-29(27-30)32-20-12-26-39-40(32)41-44(47-39)37-19-7-8-25-38(37)45(41)31-17-5-2-6-18-31;1-3-12-28(13-4-1)29-24-25-39-37(27-29)35-21-10-20-34(43(35)46-39)31-15-9-14-30(26-31)33-19-11-23-40-41(33)42-44(47-40)36-18-7-8-22-38(36)45(42)32-16-5-2-6-17-32;1-3-11-28(12-4-1)30-21-23-35-36-24-22-31(27-40(36)46-39(35)26-30)29-13-9-14-32(25-29)34-18-10-20-41-42(34)43-44(47-41)37-17-7-8-19-38(37)45(43)33-15-5-2-6-16-33/h3*1-27H. The van der Waals surface area contributed by atoms with E-state index in [1.54, 1.807) is 0 Å². The second-order valence-electron chi connectivity index (χ2n) is 36.3. The van der Waals surface area contributed by atoms with Crippen molar-refractivity contribution in [3.8, 4) is 117 Å². The molecular weight excluding hydrogens is 1770 g/mol. The van der Waals surface area contributed by atoms with E-state index in [-0.39, 0.29) is 0 Å². The molecule has 0 radical (unpaired) electrons. The summed E-state index contributed by atoms with van der Waals surface area (Å²) in [5.41, 5.74) is 37.6. The Balaban J connectivity index is 0.000000104. The molecule has 0 aliphatic carbocycles. The maximum absolute atomic E-state index is 6.78. The van der Waals surface area contributed by atoms with E-state index in [9.17, 15) is 0 Å². The van der Waals surface area contributed by atoms with E-state index in [0.717, 1.165) is 110 Å². The van der Waals surface area contributed by atoms with Crippen LogP contribution in [0.5, 0.6) is 0 Å². The number of furan rings is 3. The van der Waals surface area contributed by atoms with E-state index >= 15 is 0 Å². The minimum Gasteiger partial charge on any atom is -0.456 e. The Hall–Kier alpha value is -17.7. The van der Waals surface area contributed by atoms with Gasteiger partial charge in [0, 0.05) is 112 Å². The number of benzene rings is 21. The van der Waals surface area contributed by atoms with Crippen LogP contribution in [0.15, 0.2) is 505 Å². The summed E-state index contributed by atoms with van der Waals surface area (Å²) in [6, 6.07) is 176. The van der Waals surface area contributed by atoms with Crippen molar-refractivity contribution in [2.45, 2.75) is 0 Å². The van der Waals surface area contributed by atoms with Crippen LogP contribution in [0.4, 0.5) is 0 Å². The quantitative estimate of drug-likeness (QED) is 0.122. The van der Waals surface area contributed by atoms with Crippen molar-refractivity contribution < 1.29 is 13.3 Å². The summed E-state index contributed by atoms with van der Waals surface area (Å²) in [6.07, 6.45) is 0. The van der Waals surface area contributed by atoms with Crippen molar-refractivity contribution in [2.75, 3.05) is 0 Å². The second-order valence-corrected chi connectivity index (χ2v) is 39.4. The van der Waals surface area contributed by atoms with Gasteiger partial charge in [0.05, 0.1) is 47.2 Å². The highest BCUT2D eigenvalue weighted by Crippen LogP contribution is 2.53. The predicted molar refractivity (Wildman–Crippen MR) is 599 cm³/mol. The summed E-state index contributed by atoms with van der Waals surface area (Å²) >= 11 is 5.65. The van der Waals surface area contributed by atoms with Crippen molar-refractivity contribution in [1.82, 2.24) is 13.7 Å². The molecule has 6 nitrogen and oxygen atoms in total. The third-order valence-corrected chi connectivity index (χ3v) is 31.8. The van der Waals surface area contributed by atoms with Crippen LogP contribution in [0.2, 0.25) is 0 Å². The lowest BCUT2D eigenvalue weighted by molar-refractivity contribution is 0.669. The van der Waals surface area contributed by atoms with E-state index in [2.05, 4.69) is 499 Å². The molecule has 660 valence electrons. The Morgan fingerprint density at radius 1 is 0.156 bits per heavy atom. The van der Waals surface area contributed by atoms with Gasteiger partial charge >= 0.3 is 0 Å². The summed E-state index contributed by atoms with van der Waals surface area (Å²) in [4.78, 5) is 0. The van der Waals surface area contributed by atoms with Crippen LogP contribution in [0.25, 0.3) is 277 Å². The lowest BCUT2D eigenvalue weighted by atomic mass is 9.95. The molecule has 0 atom stereocenters. The number of rotatable bonds is 12. The zero-order valence-corrected chi connectivity index (χ0v) is 78.5. The fourth-order valence-electron chi connectivity index (χ4n) is 21.9. The van der Waals surface area contributed by atoms with Crippen molar-refractivity contribution in [1.29, 1.82) is 0 Å². The lowest BCUT2D eigenvalue weighted by Crippen LogP contribution is -1.93. The minimum atomic E-state index is 0.905. The number of hydrogen-bond acceptors (Lipinski definition) is 6. The van der Waals surface area contributed by atoms with Gasteiger partial charge in [0.1, 0.15) is 33.5 Å². The van der Waals surface area contributed by atoms with Gasteiger partial charge in [-0.3, -0.25) is 0 Å². The number of para-hydroxylation sites is 9. The van der Waals surface area contributed by atoms with Crippen LogP contribution in [-0.4, -0.2) is 13.7 Å². The third-order valence-electron chi connectivity index (χ3n) is 28.2. The number of aromatic nitrogens is 3. The maximum Gasteiger partial charge on any atom is 0.143 e. The molecular formula is C132H81N3O3S3. The molecule has 0 bridgehead atoms. The first kappa shape index (κ1) is 81.6. The normalized spacial score (nSPS) is 11.8. The average molecular weight is 1850 g/mol. The largest absolute Gasteiger partial charge is 0.456 e. The number of fused-ring (bicyclic) bond motifs is 24. The first-order valence-corrected chi connectivity index (χ1v) is 50.2. The SMILES string of the molecule is c1ccc(-c2ccc3c(c2)oc2cc(-c4cccc(-c5cccc6sc7c8ccccc8n(-c8ccccc8)c7c56)c4)ccc23)cc1.c1ccc(-c2ccc3oc4c(-c5cccc(-c6cccc7sc8c9ccccc9n(-c9ccccc9)c8c67)c5)cccc4c3c2)cc1.c1ccc(-c2cccc3c2oc2c(-c4cccc(-c5cccc6sc7c8ccccc8n(-c8ccccc8)c7c56)c4)cccc23)cc1. The Morgan fingerprint density at radius 2 is 0.433 bits per heavy atom. The molecule has 0 unspecified atom stereocenters. The Bertz CT molecular complexity index is 10200. The molecule has 0 saturated heterocycles. The van der Waals surface area contributed by atoms with Gasteiger partial charge in [-0.05, 0) is 211 Å². The van der Waals surface area contributed by atoms with Crippen LogP contribution in [0, 0.1) is 0 Å². The molecule has 0 aliphatic rings. The highest BCUT2D eigenvalue weighted by molar-refractivity contribution is 7.27. The molecule has 0 N–H and O–H groups in total. The number of nitrogens with zero attached hydrogens (tertiary/aromatic N) is 3. The summed E-state index contributed by atoms with van der Waals surface area (Å²) in [5, 5.41) is 14.6. The Kier molecular flexibility index (Phi) is 19.5. The van der Waals surface area contributed by atoms with Crippen LogP contribution in [0.3, 0.4) is 0 Å². The van der Waals surface area contributed by atoms with Gasteiger partial charge < -0.3 is 27.0 Å². The number of hydrogen-bond donors (Lipinski definition) is 0. The van der Waals surface area contributed by atoms with Gasteiger partial charge in [-0.1, -0.05) is 364 Å². The van der Waals surface area contributed by atoms with Gasteiger partial charge in [0.15, 0.2) is 0 Å². The molecule has 0 amide bonds. The first-order valence-electron chi connectivity index (χ1n) is 47.8. The van der Waals surface area contributed by atoms with Crippen molar-refractivity contribution in [3.05, 3.63) is 491 Å². The van der Waals surface area contributed by atoms with Gasteiger partial charge in [0.25, 0.3) is 0 Å². The van der Waals surface area contributed by atoms with Crippen molar-refractivity contribution in [2.24, 2.45) is 0 Å². The zero-order chi connectivity index (χ0) is 92.7. The fourth-order valence-corrected chi connectivity index (χ4v) is 25.6. The van der Waals surface area contributed by atoms with Gasteiger partial charge in [-0.15, -0.1) is 34.0 Å². The molecule has 21 aromatic carbocycles. The van der Waals surface area contributed by atoms with E-state index in [0.29, 0.717) is 0 Å². The molecule has 0 saturated carbocycles. The molecule has 30 aromatic rings. The summed E-state index contributed by atoms with van der Waals surface area (Å²) in [7, 11) is 0. The van der Waals surface area contributed by atoms with Crippen LogP contribution < -0.4 is 0 Å². The highest BCUT2D eigenvalue weighted by atomic mass is 32.1. The van der Waals surface area contributed by atoms with E-state index in [1.165, 1.54) is 166 Å². The van der Waals surface area contributed by atoms with E-state index in [1.807, 2.05) is 40.1 Å². The zero-order valence-electron chi connectivity index (χ0n) is 76.1. The summed E-state index contributed by atoms with van der Waals surface area (Å²) in [5.74, 6) is 0. The fraction of sp³-hybridized carbons (Fsp3) is 0. The third kappa shape index (κ3) is 13.6. The molecule has 30 rings (SSSR count). The summed E-state index contributed by atoms with van der Waals surface area (Å²) in [6.45, 7) is 0. The van der Waals surface area contributed by atoms with Crippen molar-refractivity contribution in [3.63, 3.8) is 0 Å². The smallest absolute Gasteiger partial charge is 0.143 e. The molecule has 9 heterocycles. The van der Waals surface area contributed by atoms with E-state index < -0.39 is 0 Å². The molecule has 141 heavy (non-hydrogen) atoms. The molecule has 9 heteroatoms. The topological polar surface area (TPSA) is 54.2 Å². The number of thiophene rings is 3.